The summed E-state index contributed by atoms with van der Waals surface area (Å²) in [6.07, 6.45) is 3.88. The highest BCUT2D eigenvalue weighted by molar-refractivity contribution is 9.11. The van der Waals surface area contributed by atoms with Crippen molar-refractivity contribution < 1.29 is 8.42 Å². The van der Waals surface area contributed by atoms with Crippen LogP contribution in [-0.2, 0) is 23.1 Å². The number of aromatic amines is 1. The number of halogens is 1. The number of sulfonamides is 1. The van der Waals surface area contributed by atoms with E-state index in [-0.39, 0.29) is 11.6 Å². The second-order valence-corrected chi connectivity index (χ2v) is 9.16. The first kappa shape index (κ1) is 15.2. The predicted octanol–water partition coefficient (Wildman–Crippen LogP) is 1.96. The summed E-state index contributed by atoms with van der Waals surface area (Å²) in [7, 11) is -3.58. The number of nitrogens with one attached hydrogen (secondary N) is 3. The Morgan fingerprint density at radius 2 is 2.19 bits per heavy atom. The molecular formula is C12H15BrN4O2S2. The minimum atomic E-state index is -3.58. The van der Waals surface area contributed by atoms with E-state index in [9.17, 15) is 8.42 Å². The van der Waals surface area contributed by atoms with Crippen molar-refractivity contribution in [2.24, 2.45) is 0 Å². The van der Waals surface area contributed by atoms with Crippen LogP contribution in [0.3, 0.4) is 0 Å². The van der Waals surface area contributed by atoms with Crippen LogP contribution < -0.4 is 10.0 Å². The molecule has 1 aliphatic carbocycles. The first-order chi connectivity index (χ1) is 10.0. The molecule has 0 amide bonds. The van der Waals surface area contributed by atoms with Crippen molar-refractivity contribution >= 4 is 37.3 Å². The van der Waals surface area contributed by atoms with Crippen LogP contribution in [0.1, 0.15) is 23.3 Å². The van der Waals surface area contributed by atoms with Crippen molar-refractivity contribution in [2.75, 3.05) is 0 Å². The fourth-order valence-electron chi connectivity index (χ4n) is 1.88. The number of H-pyrrole nitrogens is 1. The zero-order valence-electron chi connectivity index (χ0n) is 11.1. The number of hydrogen-bond donors (Lipinski definition) is 3. The summed E-state index contributed by atoms with van der Waals surface area (Å²) in [6, 6.07) is 4.31. The highest BCUT2D eigenvalue weighted by atomic mass is 79.9. The lowest BCUT2D eigenvalue weighted by molar-refractivity contribution is 0.574. The largest absolute Gasteiger partial charge is 0.310 e. The van der Waals surface area contributed by atoms with E-state index in [0.29, 0.717) is 18.2 Å². The molecule has 0 saturated heterocycles. The molecule has 114 valence electrons. The Morgan fingerprint density at radius 3 is 2.86 bits per heavy atom. The van der Waals surface area contributed by atoms with Gasteiger partial charge in [0.15, 0.2) is 5.03 Å². The van der Waals surface area contributed by atoms with Crippen LogP contribution in [0.4, 0.5) is 0 Å². The van der Waals surface area contributed by atoms with Crippen molar-refractivity contribution in [3.05, 3.63) is 32.6 Å². The van der Waals surface area contributed by atoms with E-state index < -0.39 is 10.0 Å². The third-order valence-corrected chi connectivity index (χ3v) is 6.21. The van der Waals surface area contributed by atoms with Gasteiger partial charge in [0, 0.05) is 29.6 Å². The van der Waals surface area contributed by atoms with Gasteiger partial charge in [-0.2, -0.15) is 5.10 Å². The molecule has 1 saturated carbocycles. The molecule has 3 N–H and O–H groups in total. The molecule has 2 aromatic heterocycles. The lowest BCUT2D eigenvalue weighted by atomic mass is 10.3. The fraction of sp³-hybridized carbons (Fsp3) is 0.417. The SMILES string of the molecule is O=S(=O)(NCc1ccc(Br)s1)c1[nH]ncc1CNC1CC1. The predicted molar refractivity (Wildman–Crippen MR) is 84.5 cm³/mol. The molecule has 1 fully saturated rings. The van der Waals surface area contributed by atoms with E-state index in [4.69, 9.17) is 0 Å². The maximum atomic E-state index is 12.3. The smallest absolute Gasteiger partial charge is 0.258 e. The lowest BCUT2D eigenvalue weighted by Gasteiger charge is -2.07. The Bertz CT molecular complexity index is 721. The topological polar surface area (TPSA) is 86.9 Å². The zero-order chi connectivity index (χ0) is 14.9. The van der Waals surface area contributed by atoms with Gasteiger partial charge >= 0.3 is 0 Å². The molecule has 2 heterocycles. The van der Waals surface area contributed by atoms with Crippen LogP contribution in [0.5, 0.6) is 0 Å². The summed E-state index contributed by atoms with van der Waals surface area (Å²) in [5.74, 6) is 0. The standard InChI is InChI=1S/C12H15BrN4O2S2/c13-11-4-3-10(20-11)7-16-21(18,19)12-8(6-15-17-12)5-14-9-1-2-9/h3-4,6,9,14,16H,1-2,5,7H2,(H,15,17). The van der Waals surface area contributed by atoms with Gasteiger partial charge in [0.1, 0.15) is 0 Å². The van der Waals surface area contributed by atoms with Crippen molar-refractivity contribution in [3.8, 4) is 0 Å². The highest BCUT2D eigenvalue weighted by Crippen LogP contribution is 2.23. The van der Waals surface area contributed by atoms with Crippen molar-refractivity contribution in [1.82, 2.24) is 20.2 Å². The lowest BCUT2D eigenvalue weighted by Crippen LogP contribution is -2.25. The molecule has 0 aliphatic heterocycles. The molecule has 21 heavy (non-hydrogen) atoms. The molecular weight excluding hydrogens is 376 g/mol. The third kappa shape index (κ3) is 3.92. The number of thiophene rings is 1. The molecule has 6 nitrogen and oxygen atoms in total. The molecule has 9 heteroatoms. The van der Waals surface area contributed by atoms with Crippen LogP contribution in [0, 0.1) is 0 Å². The second kappa shape index (κ2) is 6.17. The van der Waals surface area contributed by atoms with E-state index in [1.165, 1.54) is 11.3 Å². The highest BCUT2D eigenvalue weighted by Gasteiger charge is 2.24. The fourth-order valence-corrected chi connectivity index (χ4v) is 4.53. The van der Waals surface area contributed by atoms with Gasteiger partial charge in [-0.3, -0.25) is 5.10 Å². The van der Waals surface area contributed by atoms with Gasteiger partial charge in [-0.15, -0.1) is 11.3 Å². The first-order valence-corrected chi connectivity index (χ1v) is 9.63. The molecule has 2 aromatic rings. The van der Waals surface area contributed by atoms with Crippen LogP contribution in [0.25, 0.3) is 0 Å². The van der Waals surface area contributed by atoms with Crippen LogP contribution in [0.15, 0.2) is 27.1 Å². The average molecular weight is 391 g/mol. The van der Waals surface area contributed by atoms with Crippen LogP contribution in [0.2, 0.25) is 0 Å². The Hall–Kier alpha value is -0.740. The molecule has 0 unspecified atom stereocenters. The summed E-state index contributed by atoms with van der Waals surface area (Å²) in [5, 5.41) is 9.88. The van der Waals surface area contributed by atoms with E-state index in [0.717, 1.165) is 21.5 Å². The minimum Gasteiger partial charge on any atom is -0.310 e. The summed E-state index contributed by atoms with van der Waals surface area (Å²) < 4.78 is 28.3. The molecule has 0 radical (unpaired) electrons. The van der Waals surface area contributed by atoms with Gasteiger partial charge < -0.3 is 5.32 Å². The van der Waals surface area contributed by atoms with Crippen molar-refractivity contribution in [1.29, 1.82) is 0 Å². The van der Waals surface area contributed by atoms with Crippen molar-refractivity contribution in [2.45, 2.75) is 37.0 Å². The third-order valence-electron chi connectivity index (χ3n) is 3.17. The summed E-state index contributed by atoms with van der Waals surface area (Å²) >= 11 is 4.86. The van der Waals surface area contributed by atoms with Crippen LogP contribution in [-0.4, -0.2) is 24.7 Å². The molecule has 0 atom stereocenters. The van der Waals surface area contributed by atoms with E-state index in [1.54, 1.807) is 6.20 Å². The first-order valence-electron chi connectivity index (χ1n) is 6.54. The summed E-state index contributed by atoms with van der Waals surface area (Å²) in [5.41, 5.74) is 0.668. The van der Waals surface area contributed by atoms with E-state index >= 15 is 0 Å². The maximum Gasteiger partial charge on any atom is 0.258 e. The quantitative estimate of drug-likeness (QED) is 0.674. The van der Waals surface area contributed by atoms with E-state index in [2.05, 4.69) is 36.2 Å². The second-order valence-electron chi connectivity index (χ2n) is 4.91. The Kier molecular flexibility index (Phi) is 4.46. The van der Waals surface area contributed by atoms with Gasteiger partial charge in [-0.25, -0.2) is 13.1 Å². The molecule has 0 bridgehead atoms. The maximum absolute atomic E-state index is 12.3. The Balaban J connectivity index is 1.67. The van der Waals surface area contributed by atoms with Crippen LogP contribution >= 0.6 is 27.3 Å². The van der Waals surface area contributed by atoms with Gasteiger partial charge in [-0.05, 0) is 40.9 Å². The normalized spacial score (nSPS) is 15.5. The monoisotopic (exact) mass is 390 g/mol. The molecule has 0 aromatic carbocycles. The van der Waals surface area contributed by atoms with Gasteiger partial charge in [0.2, 0.25) is 0 Å². The van der Waals surface area contributed by atoms with E-state index in [1.807, 2.05) is 12.1 Å². The number of aromatic nitrogens is 2. The molecule has 3 rings (SSSR count). The number of rotatable bonds is 7. The average Bonchev–Trinajstić information content (AvgIpc) is 2.97. The van der Waals surface area contributed by atoms with Gasteiger partial charge in [-0.1, -0.05) is 0 Å². The molecule has 1 aliphatic rings. The Morgan fingerprint density at radius 1 is 1.38 bits per heavy atom. The van der Waals surface area contributed by atoms with Gasteiger partial charge in [0.05, 0.1) is 9.98 Å². The van der Waals surface area contributed by atoms with Gasteiger partial charge in [0.25, 0.3) is 10.0 Å². The number of hydrogen-bond acceptors (Lipinski definition) is 5. The Labute approximate surface area is 135 Å². The number of nitrogens with zero attached hydrogens (tertiary/aromatic N) is 1. The molecule has 0 spiro atoms. The zero-order valence-corrected chi connectivity index (χ0v) is 14.3. The van der Waals surface area contributed by atoms with Crippen molar-refractivity contribution in [3.63, 3.8) is 0 Å². The minimum absolute atomic E-state index is 0.145. The summed E-state index contributed by atoms with van der Waals surface area (Å²) in [4.78, 5) is 0.947. The summed E-state index contributed by atoms with van der Waals surface area (Å²) in [6.45, 7) is 0.787.